The van der Waals surface area contributed by atoms with Gasteiger partial charge in [0.2, 0.25) is 0 Å². The molecule has 1 aromatic rings. The van der Waals surface area contributed by atoms with Gasteiger partial charge >= 0.3 is 6.09 Å². The van der Waals surface area contributed by atoms with Gasteiger partial charge < -0.3 is 19.3 Å². The van der Waals surface area contributed by atoms with Gasteiger partial charge in [0.05, 0.1) is 18.3 Å². The van der Waals surface area contributed by atoms with Crippen LogP contribution >= 0.6 is 0 Å². The van der Waals surface area contributed by atoms with Gasteiger partial charge in [0.1, 0.15) is 23.9 Å². The highest BCUT2D eigenvalue weighted by Crippen LogP contribution is 2.42. The summed E-state index contributed by atoms with van der Waals surface area (Å²) in [5, 5.41) is 10.9. The van der Waals surface area contributed by atoms with Crippen molar-refractivity contribution in [3.05, 3.63) is 30.1 Å². The minimum Gasteiger partial charge on any atom is -0.444 e. The van der Waals surface area contributed by atoms with Crippen LogP contribution in [-0.2, 0) is 14.2 Å². The number of fused-ring (bicyclic) bond motifs is 1. The molecule has 1 amide bonds. The van der Waals surface area contributed by atoms with E-state index in [0.717, 1.165) is 0 Å². The normalized spacial score (nSPS) is 31.5. The lowest BCUT2D eigenvalue weighted by molar-refractivity contribution is -0.291. The summed E-state index contributed by atoms with van der Waals surface area (Å²) in [4.78, 5) is 18.7. The number of nitrogens with zero attached hydrogens (tertiary/aromatic N) is 2. The van der Waals surface area contributed by atoms with Crippen LogP contribution < -0.4 is 0 Å². The van der Waals surface area contributed by atoms with Gasteiger partial charge in [0.15, 0.2) is 5.79 Å². The third kappa shape index (κ3) is 3.63. The Morgan fingerprint density at radius 2 is 2.12 bits per heavy atom. The Balaban J connectivity index is 1.97. The minimum absolute atomic E-state index is 0.261. The van der Waals surface area contributed by atoms with E-state index < -0.39 is 41.8 Å². The number of aliphatic hydroxyl groups is 1. The first kappa shape index (κ1) is 18.1. The highest BCUT2D eigenvalue weighted by Gasteiger charge is 2.57. The third-order valence-corrected chi connectivity index (χ3v) is 4.31. The van der Waals surface area contributed by atoms with Gasteiger partial charge in [0.25, 0.3) is 0 Å². The molecule has 4 atom stereocenters. The zero-order valence-electron chi connectivity index (χ0n) is 15.3. The summed E-state index contributed by atoms with van der Waals surface area (Å²) in [5.74, 6) is -0.819. The number of aromatic nitrogens is 1. The molecule has 1 N–H and O–H groups in total. The van der Waals surface area contributed by atoms with Gasteiger partial charge in [-0.2, -0.15) is 0 Å². The van der Waals surface area contributed by atoms with E-state index in [1.54, 1.807) is 32.2 Å². The van der Waals surface area contributed by atoms with Crippen LogP contribution in [0.15, 0.2) is 24.4 Å². The van der Waals surface area contributed by atoms with Crippen molar-refractivity contribution in [2.24, 2.45) is 0 Å². The van der Waals surface area contributed by atoms with E-state index in [0.29, 0.717) is 5.69 Å². The van der Waals surface area contributed by atoms with Crippen LogP contribution in [0.5, 0.6) is 0 Å². The van der Waals surface area contributed by atoms with E-state index in [1.807, 2.05) is 26.8 Å². The number of carbonyl (C=O) groups excluding carboxylic acids is 1. The van der Waals surface area contributed by atoms with Crippen molar-refractivity contribution >= 4 is 6.09 Å². The molecule has 7 heteroatoms. The molecule has 2 fully saturated rings. The lowest BCUT2D eigenvalue weighted by Gasteiger charge is -2.40. The molecule has 138 valence electrons. The molecular formula is C18H26N2O5. The predicted octanol–water partition coefficient (Wildman–Crippen LogP) is 2.25. The zero-order chi connectivity index (χ0) is 18.4. The van der Waals surface area contributed by atoms with Crippen LogP contribution in [0.2, 0.25) is 0 Å². The molecule has 2 saturated heterocycles. The SMILES string of the molecule is CC(C)(C)OC(=O)N1C2COC(C)(C)O[C@H]2[C@@H](O)[C@@H]1c1ccccn1. The molecule has 3 rings (SSSR count). The Morgan fingerprint density at radius 1 is 1.40 bits per heavy atom. The molecule has 0 aromatic carbocycles. The molecule has 2 aliphatic rings. The lowest BCUT2D eigenvalue weighted by atomic mass is 10.0. The minimum atomic E-state index is -0.921. The fourth-order valence-corrected chi connectivity index (χ4v) is 3.34. The number of ether oxygens (including phenoxy) is 3. The Hall–Kier alpha value is -1.70. The van der Waals surface area contributed by atoms with Crippen LogP contribution in [-0.4, -0.2) is 57.3 Å². The van der Waals surface area contributed by atoms with Crippen molar-refractivity contribution < 1.29 is 24.1 Å². The molecule has 0 aliphatic carbocycles. The van der Waals surface area contributed by atoms with Crippen molar-refractivity contribution in [3.8, 4) is 0 Å². The Kier molecular flexibility index (Phi) is 4.51. The maximum Gasteiger partial charge on any atom is 0.411 e. The summed E-state index contributed by atoms with van der Waals surface area (Å²) in [6.07, 6.45) is -0.362. The molecule has 7 nitrogen and oxygen atoms in total. The summed E-state index contributed by atoms with van der Waals surface area (Å²) < 4.78 is 17.2. The van der Waals surface area contributed by atoms with Crippen LogP contribution in [0.4, 0.5) is 4.79 Å². The Labute approximate surface area is 147 Å². The maximum absolute atomic E-state index is 12.9. The lowest BCUT2D eigenvalue weighted by Crippen LogP contribution is -2.54. The van der Waals surface area contributed by atoms with Crippen LogP contribution in [0.1, 0.15) is 46.4 Å². The third-order valence-electron chi connectivity index (χ3n) is 4.31. The summed E-state index contributed by atoms with van der Waals surface area (Å²) in [5.41, 5.74) is -0.0542. The van der Waals surface area contributed by atoms with Gasteiger partial charge in [-0.3, -0.25) is 9.88 Å². The number of amides is 1. The molecular weight excluding hydrogens is 324 g/mol. The van der Waals surface area contributed by atoms with Gasteiger partial charge in [-0.15, -0.1) is 0 Å². The average Bonchev–Trinajstić information content (AvgIpc) is 2.78. The number of aliphatic hydroxyl groups excluding tert-OH is 1. The van der Waals surface area contributed by atoms with Crippen LogP contribution in [0.25, 0.3) is 0 Å². The predicted molar refractivity (Wildman–Crippen MR) is 89.7 cm³/mol. The van der Waals surface area contributed by atoms with Gasteiger partial charge in [0, 0.05) is 6.20 Å². The first-order valence-electron chi connectivity index (χ1n) is 8.51. The van der Waals surface area contributed by atoms with Gasteiger partial charge in [-0.25, -0.2) is 4.79 Å². The monoisotopic (exact) mass is 350 g/mol. The Bertz CT molecular complexity index is 628. The van der Waals surface area contributed by atoms with Gasteiger partial charge in [-0.05, 0) is 46.8 Å². The molecule has 2 aliphatic heterocycles. The summed E-state index contributed by atoms with van der Waals surface area (Å²) in [6.45, 7) is 9.27. The molecule has 0 bridgehead atoms. The van der Waals surface area contributed by atoms with E-state index in [2.05, 4.69) is 4.98 Å². The van der Waals surface area contributed by atoms with Crippen molar-refractivity contribution in [1.29, 1.82) is 0 Å². The topological polar surface area (TPSA) is 81.1 Å². The van der Waals surface area contributed by atoms with Crippen LogP contribution in [0.3, 0.4) is 0 Å². The average molecular weight is 350 g/mol. The highest BCUT2D eigenvalue weighted by atomic mass is 16.7. The summed E-state index contributed by atoms with van der Waals surface area (Å²) in [6, 6.07) is 4.31. The number of pyridine rings is 1. The number of hydrogen-bond donors (Lipinski definition) is 1. The van der Waals surface area contributed by atoms with Crippen molar-refractivity contribution in [3.63, 3.8) is 0 Å². The molecule has 0 spiro atoms. The van der Waals surface area contributed by atoms with E-state index in [-0.39, 0.29) is 6.61 Å². The summed E-state index contributed by atoms with van der Waals surface area (Å²) in [7, 11) is 0. The second-order valence-electron chi connectivity index (χ2n) is 7.94. The second kappa shape index (κ2) is 6.23. The van der Waals surface area contributed by atoms with Crippen LogP contribution in [0, 0.1) is 0 Å². The molecule has 3 heterocycles. The smallest absolute Gasteiger partial charge is 0.411 e. The number of rotatable bonds is 1. The maximum atomic E-state index is 12.9. The van der Waals surface area contributed by atoms with E-state index in [1.165, 1.54) is 4.90 Å². The molecule has 1 unspecified atom stereocenters. The van der Waals surface area contributed by atoms with E-state index in [4.69, 9.17) is 14.2 Å². The first-order valence-corrected chi connectivity index (χ1v) is 8.51. The number of hydrogen-bond acceptors (Lipinski definition) is 6. The second-order valence-corrected chi connectivity index (χ2v) is 7.94. The zero-order valence-corrected chi connectivity index (χ0v) is 15.3. The fourth-order valence-electron chi connectivity index (χ4n) is 3.34. The van der Waals surface area contributed by atoms with Gasteiger partial charge in [-0.1, -0.05) is 6.07 Å². The molecule has 1 aromatic heterocycles. The Morgan fingerprint density at radius 3 is 2.72 bits per heavy atom. The first-order chi connectivity index (χ1) is 11.6. The van der Waals surface area contributed by atoms with Crippen molar-refractivity contribution in [2.75, 3.05) is 6.61 Å². The molecule has 25 heavy (non-hydrogen) atoms. The molecule has 0 radical (unpaired) electrons. The molecule has 0 saturated carbocycles. The fraction of sp³-hybridized carbons (Fsp3) is 0.667. The van der Waals surface area contributed by atoms with Crippen molar-refractivity contribution in [1.82, 2.24) is 9.88 Å². The quantitative estimate of drug-likeness (QED) is 0.837. The number of carbonyl (C=O) groups is 1. The van der Waals surface area contributed by atoms with E-state index >= 15 is 0 Å². The van der Waals surface area contributed by atoms with E-state index in [9.17, 15) is 9.90 Å². The largest absolute Gasteiger partial charge is 0.444 e. The standard InChI is InChI=1S/C18H26N2O5/c1-17(2,3)25-16(22)20-12-10-23-18(4,5)24-15(12)14(21)13(20)11-8-6-7-9-19-11/h6-9,12-15,21H,10H2,1-5H3/t12?,13-,14-,15+/m0/s1. The highest BCUT2D eigenvalue weighted by molar-refractivity contribution is 5.70. The number of likely N-dealkylation sites (tertiary alicyclic amines) is 1. The van der Waals surface area contributed by atoms with Crippen molar-refractivity contribution in [2.45, 2.75) is 70.3 Å². The summed E-state index contributed by atoms with van der Waals surface area (Å²) >= 11 is 0.